The molecule has 4 rings (SSSR count). The largest absolute Gasteiger partial charge is 0.508 e. The van der Waals surface area contributed by atoms with Gasteiger partial charge in [-0.05, 0) is 25.7 Å². The molecule has 1 aromatic rings. The number of hydrogen-bond donors (Lipinski definition) is 1. The Balaban J connectivity index is 1.29. The van der Waals surface area contributed by atoms with Crippen molar-refractivity contribution in [3.8, 4) is 0 Å². The predicted octanol–water partition coefficient (Wildman–Crippen LogP) is 3.67. The number of primary amides is 1. The molecule has 3 aliphatic rings. The summed E-state index contributed by atoms with van der Waals surface area (Å²) in [5.41, 5.74) is 5.27. The van der Waals surface area contributed by atoms with Gasteiger partial charge in [0.25, 0.3) is 5.91 Å². The highest BCUT2D eigenvalue weighted by molar-refractivity contribution is 5.88. The van der Waals surface area contributed by atoms with E-state index in [1.165, 1.54) is 11.0 Å². The minimum Gasteiger partial charge on any atom is -0.434 e. The standard InChI is InChI=1S/C35H60N4O13/c1-5-9-14-42-20-24-26(43-15-10-6-2)28(44-16-11-7-3)30(45-17-12-8-4)34(52-24)46-18-13-19-47-35(41)48-21-25-27-29(50-23-49-27)33(51-25)39-22-37-32(38-39)31(36)40/h22,24-30,33-34H,5-21,23H2,1-4H3,(H2,36,40)/t24?,25-,26+,27-,28?,29-,30?,33-,34-/m1/s1. The molecule has 298 valence electrons. The first-order chi connectivity index (χ1) is 25.4. The zero-order valence-corrected chi connectivity index (χ0v) is 31.2. The van der Waals surface area contributed by atoms with Crippen LogP contribution in [0.15, 0.2) is 6.33 Å². The highest BCUT2D eigenvalue weighted by atomic mass is 16.8. The Kier molecular flexibility index (Phi) is 19.0. The second-order valence-electron chi connectivity index (χ2n) is 13.0. The summed E-state index contributed by atoms with van der Waals surface area (Å²) >= 11 is 0. The molecule has 4 heterocycles. The van der Waals surface area contributed by atoms with Crippen LogP contribution in [-0.2, 0) is 52.1 Å². The monoisotopic (exact) mass is 744 g/mol. The van der Waals surface area contributed by atoms with Gasteiger partial charge >= 0.3 is 6.16 Å². The first kappa shape index (κ1) is 42.3. The fraction of sp³-hybridized carbons (Fsp3) is 0.886. The molecule has 2 N–H and O–H groups in total. The van der Waals surface area contributed by atoms with Gasteiger partial charge < -0.3 is 57.8 Å². The Bertz CT molecular complexity index is 1160. The van der Waals surface area contributed by atoms with Gasteiger partial charge in [0.1, 0.15) is 62.5 Å². The number of unbranched alkanes of at least 4 members (excludes halogenated alkanes) is 4. The van der Waals surface area contributed by atoms with Crippen molar-refractivity contribution in [2.45, 2.75) is 141 Å². The fourth-order valence-corrected chi connectivity index (χ4v) is 6.00. The molecule has 3 aliphatic heterocycles. The Labute approximate surface area is 306 Å². The number of amides is 1. The zero-order valence-electron chi connectivity index (χ0n) is 31.2. The van der Waals surface area contributed by atoms with Crippen molar-refractivity contribution in [1.29, 1.82) is 0 Å². The lowest BCUT2D eigenvalue weighted by Crippen LogP contribution is -2.62. The number of hydrogen-bond acceptors (Lipinski definition) is 15. The molecule has 3 unspecified atom stereocenters. The highest BCUT2D eigenvalue weighted by Crippen LogP contribution is 2.37. The van der Waals surface area contributed by atoms with E-state index in [1.54, 1.807) is 0 Å². The fourth-order valence-electron chi connectivity index (χ4n) is 6.00. The van der Waals surface area contributed by atoms with Crippen LogP contribution < -0.4 is 5.73 Å². The molecule has 1 aromatic heterocycles. The third kappa shape index (κ3) is 12.6. The van der Waals surface area contributed by atoms with E-state index in [1.807, 2.05) is 0 Å². The maximum Gasteiger partial charge on any atom is 0.508 e. The first-order valence-electron chi connectivity index (χ1n) is 19.0. The summed E-state index contributed by atoms with van der Waals surface area (Å²) in [5.74, 6) is -0.924. The Morgan fingerprint density at radius 2 is 1.37 bits per heavy atom. The molecule has 17 nitrogen and oxygen atoms in total. The summed E-state index contributed by atoms with van der Waals surface area (Å²) in [6.45, 7) is 11.3. The number of fused-ring (bicyclic) bond motifs is 1. The minimum atomic E-state index is -0.866. The molecule has 0 aromatic carbocycles. The lowest BCUT2D eigenvalue weighted by molar-refractivity contribution is -0.324. The number of carbonyl (C=O) groups is 2. The summed E-state index contributed by atoms with van der Waals surface area (Å²) in [6.07, 6.45) is 3.58. The molecule has 0 radical (unpaired) electrons. The van der Waals surface area contributed by atoms with Gasteiger partial charge in [0.05, 0.1) is 19.8 Å². The molecule has 3 saturated heterocycles. The third-order valence-corrected chi connectivity index (χ3v) is 8.89. The smallest absolute Gasteiger partial charge is 0.434 e. The van der Waals surface area contributed by atoms with E-state index in [0.29, 0.717) is 39.5 Å². The lowest BCUT2D eigenvalue weighted by Gasteiger charge is -2.46. The van der Waals surface area contributed by atoms with Crippen LogP contribution in [0.2, 0.25) is 0 Å². The van der Waals surface area contributed by atoms with Gasteiger partial charge in [0.15, 0.2) is 12.5 Å². The van der Waals surface area contributed by atoms with Crippen molar-refractivity contribution in [2.75, 3.05) is 59.6 Å². The Morgan fingerprint density at radius 3 is 2.04 bits per heavy atom. The summed E-state index contributed by atoms with van der Waals surface area (Å²) in [4.78, 5) is 27.8. The molecule has 0 aliphatic carbocycles. The second-order valence-corrected chi connectivity index (χ2v) is 13.0. The third-order valence-electron chi connectivity index (χ3n) is 8.89. The van der Waals surface area contributed by atoms with Crippen LogP contribution in [0.3, 0.4) is 0 Å². The first-order valence-corrected chi connectivity index (χ1v) is 19.0. The Hall–Kier alpha value is -2.48. The lowest BCUT2D eigenvalue weighted by atomic mass is 9.98. The van der Waals surface area contributed by atoms with Crippen molar-refractivity contribution in [1.82, 2.24) is 14.8 Å². The van der Waals surface area contributed by atoms with E-state index < -0.39 is 61.2 Å². The summed E-state index contributed by atoms with van der Waals surface area (Å²) in [7, 11) is 0. The number of aromatic nitrogens is 3. The second kappa shape index (κ2) is 23.3. The zero-order chi connectivity index (χ0) is 37.1. The predicted molar refractivity (Wildman–Crippen MR) is 183 cm³/mol. The van der Waals surface area contributed by atoms with Gasteiger partial charge in [-0.2, -0.15) is 0 Å². The average Bonchev–Trinajstić information content (AvgIpc) is 3.89. The number of ether oxygens (including phenoxy) is 11. The molecule has 0 bridgehead atoms. The van der Waals surface area contributed by atoms with Gasteiger partial charge in [-0.3, -0.25) is 4.79 Å². The summed E-state index contributed by atoms with van der Waals surface area (Å²) in [6, 6.07) is 0. The molecule has 1 amide bonds. The van der Waals surface area contributed by atoms with Gasteiger partial charge in [-0.1, -0.05) is 53.4 Å². The summed E-state index contributed by atoms with van der Waals surface area (Å²) in [5, 5.41) is 4.05. The average molecular weight is 745 g/mol. The van der Waals surface area contributed by atoms with Crippen LogP contribution >= 0.6 is 0 Å². The van der Waals surface area contributed by atoms with Gasteiger partial charge in [0.2, 0.25) is 5.82 Å². The number of nitrogens with zero attached hydrogens (tertiary/aromatic N) is 3. The van der Waals surface area contributed by atoms with Crippen LogP contribution in [0.4, 0.5) is 4.79 Å². The molecule has 0 spiro atoms. The van der Waals surface area contributed by atoms with Crippen molar-refractivity contribution in [3.63, 3.8) is 0 Å². The van der Waals surface area contributed by atoms with Crippen LogP contribution in [0.25, 0.3) is 0 Å². The molecule has 0 saturated carbocycles. The van der Waals surface area contributed by atoms with E-state index in [-0.39, 0.29) is 38.5 Å². The molecule has 52 heavy (non-hydrogen) atoms. The minimum absolute atomic E-state index is 0.0352. The molecule has 9 atom stereocenters. The van der Waals surface area contributed by atoms with Gasteiger partial charge in [-0.25, -0.2) is 14.5 Å². The highest BCUT2D eigenvalue weighted by Gasteiger charge is 2.52. The van der Waals surface area contributed by atoms with Crippen LogP contribution in [-0.4, -0.2) is 135 Å². The normalized spacial score (nSPS) is 28.6. The number of nitrogens with two attached hydrogens (primary N) is 1. The van der Waals surface area contributed by atoms with Crippen molar-refractivity contribution < 1.29 is 61.7 Å². The maximum absolute atomic E-state index is 12.5. The quantitative estimate of drug-likeness (QED) is 0.107. The van der Waals surface area contributed by atoms with Crippen molar-refractivity contribution in [2.24, 2.45) is 5.73 Å². The topological polar surface area (TPSA) is 192 Å². The maximum atomic E-state index is 12.5. The SMILES string of the molecule is CCCCOCC1O[C@@H](OCCCOC(=O)OC[C@H]2O[C@@H](n3cnc(C(N)=O)n3)[C@@H]3OCO[C@@H]32)C(OCCCC)C(OCCCC)[C@H]1OCCCC. The van der Waals surface area contributed by atoms with E-state index in [2.05, 4.69) is 37.8 Å². The number of carbonyl (C=O) groups excluding carboxylic acids is 2. The van der Waals surface area contributed by atoms with Crippen LogP contribution in [0, 0.1) is 0 Å². The van der Waals surface area contributed by atoms with Crippen molar-refractivity contribution in [3.05, 3.63) is 12.2 Å². The summed E-state index contributed by atoms with van der Waals surface area (Å²) < 4.78 is 67.4. The van der Waals surface area contributed by atoms with Crippen molar-refractivity contribution >= 4 is 12.1 Å². The molecule has 3 fully saturated rings. The van der Waals surface area contributed by atoms with Crippen LogP contribution in [0.5, 0.6) is 0 Å². The molecule has 17 heteroatoms. The van der Waals surface area contributed by atoms with Gasteiger partial charge in [-0.15, -0.1) is 5.10 Å². The van der Waals surface area contributed by atoms with Crippen LogP contribution in [0.1, 0.15) is 102 Å². The van der Waals surface area contributed by atoms with E-state index in [0.717, 1.165) is 51.4 Å². The Morgan fingerprint density at radius 1 is 0.731 bits per heavy atom. The van der Waals surface area contributed by atoms with E-state index in [9.17, 15) is 9.59 Å². The van der Waals surface area contributed by atoms with E-state index in [4.69, 9.17) is 57.8 Å². The van der Waals surface area contributed by atoms with E-state index >= 15 is 0 Å². The van der Waals surface area contributed by atoms with Gasteiger partial charge in [0, 0.05) is 32.8 Å². The molecular formula is C35H60N4O13. The molecular weight excluding hydrogens is 684 g/mol. The number of rotatable bonds is 26.